The van der Waals surface area contributed by atoms with Crippen LogP contribution in [0, 0.1) is 5.41 Å². The van der Waals surface area contributed by atoms with E-state index >= 15 is 0 Å². The maximum atomic E-state index is 11.3. The van der Waals surface area contributed by atoms with E-state index in [1.54, 1.807) is 6.92 Å². The predicted molar refractivity (Wildman–Crippen MR) is 54.8 cm³/mol. The zero-order valence-corrected chi connectivity index (χ0v) is 10.1. The standard InChI is InChI=1S/C9H21O3P/c1-6-9(5,13(10,11)12)7-8(2,3)4/h6-7H2,1-5H3,(H2,10,11,12). The molecule has 0 rings (SSSR count). The lowest BCUT2D eigenvalue weighted by Gasteiger charge is -2.35. The molecule has 0 fully saturated rings. The Morgan fingerprint density at radius 3 is 1.62 bits per heavy atom. The SMILES string of the molecule is CCC(C)(CC(C)(C)C)P(=O)(O)O. The van der Waals surface area contributed by atoms with Gasteiger partial charge in [-0.15, -0.1) is 0 Å². The highest BCUT2D eigenvalue weighted by Crippen LogP contribution is 2.56. The fourth-order valence-corrected chi connectivity index (χ4v) is 2.67. The molecule has 0 heterocycles. The molecule has 0 aromatic rings. The zero-order chi connectivity index (χ0) is 10.9. The molecule has 13 heavy (non-hydrogen) atoms. The summed E-state index contributed by atoms with van der Waals surface area (Å²) in [5.74, 6) is 0. The highest BCUT2D eigenvalue weighted by atomic mass is 31.2. The van der Waals surface area contributed by atoms with Gasteiger partial charge in [0.25, 0.3) is 0 Å². The van der Waals surface area contributed by atoms with E-state index in [2.05, 4.69) is 0 Å². The van der Waals surface area contributed by atoms with Crippen molar-refractivity contribution < 1.29 is 14.4 Å². The maximum Gasteiger partial charge on any atom is 0.331 e. The maximum absolute atomic E-state index is 11.3. The predicted octanol–water partition coefficient (Wildman–Crippen LogP) is 2.77. The van der Waals surface area contributed by atoms with E-state index in [0.717, 1.165) is 0 Å². The minimum atomic E-state index is -3.98. The summed E-state index contributed by atoms with van der Waals surface area (Å²) in [5, 5.41) is -0.870. The second-order valence-corrected chi connectivity index (χ2v) is 7.30. The van der Waals surface area contributed by atoms with Gasteiger partial charge >= 0.3 is 7.60 Å². The minimum absolute atomic E-state index is 0.0497. The average Bonchev–Trinajstić information content (AvgIpc) is 1.81. The lowest BCUT2D eigenvalue weighted by molar-refractivity contribution is 0.261. The van der Waals surface area contributed by atoms with Crippen molar-refractivity contribution in [3.8, 4) is 0 Å². The Morgan fingerprint density at radius 2 is 1.54 bits per heavy atom. The monoisotopic (exact) mass is 208 g/mol. The van der Waals surface area contributed by atoms with Crippen molar-refractivity contribution in [2.75, 3.05) is 0 Å². The molecule has 0 aliphatic carbocycles. The number of hydrogen-bond acceptors (Lipinski definition) is 1. The van der Waals surface area contributed by atoms with Crippen LogP contribution in [0.1, 0.15) is 47.5 Å². The molecule has 0 aliphatic rings. The Bertz CT molecular complexity index is 213. The van der Waals surface area contributed by atoms with Crippen LogP contribution >= 0.6 is 7.60 Å². The first-order chi connectivity index (χ1) is 5.52. The molecule has 80 valence electrons. The summed E-state index contributed by atoms with van der Waals surface area (Å²) in [4.78, 5) is 18.4. The molecule has 0 aromatic carbocycles. The minimum Gasteiger partial charge on any atom is -0.324 e. The van der Waals surface area contributed by atoms with Crippen LogP contribution in [0.5, 0.6) is 0 Å². The van der Waals surface area contributed by atoms with Crippen LogP contribution in [0.2, 0.25) is 0 Å². The van der Waals surface area contributed by atoms with Gasteiger partial charge in [0.1, 0.15) is 0 Å². The fraction of sp³-hybridized carbons (Fsp3) is 1.00. The van der Waals surface area contributed by atoms with Crippen LogP contribution in [-0.2, 0) is 4.57 Å². The molecule has 3 nitrogen and oxygen atoms in total. The summed E-state index contributed by atoms with van der Waals surface area (Å²) in [7, 11) is -3.98. The fourth-order valence-electron chi connectivity index (χ4n) is 1.58. The van der Waals surface area contributed by atoms with Crippen LogP contribution in [0.3, 0.4) is 0 Å². The van der Waals surface area contributed by atoms with Gasteiger partial charge in [0.2, 0.25) is 0 Å². The van der Waals surface area contributed by atoms with Crippen LogP contribution in [0.25, 0.3) is 0 Å². The van der Waals surface area contributed by atoms with Gasteiger partial charge in [-0.05, 0) is 25.2 Å². The number of rotatable bonds is 3. The molecule has 0 aliphatic heterocycles. The smallest absolute Gasteiger partial charge is 0.324 e. The van der Waals surface area contributed by atoms with Crippen molar-refractivity contribution in [2.24, 2.45) is 5.41 Å². The Hall–Kier alpha value is 0.150. The Morgan fingerprint density at radius 1 is 1.15 bits per heavy atom. The van der Waals surface area contributed by atoms with Gasteiger partial charge in [-0.3, -0.25) is 4.57 Å². The third-order valence-corrected chi connectivity index (χ3v) is 4.26. The average molecular weight is 208 g/mol. The quantitative estimate of drug-likeness (QED) is 0.701. The summed E-state index contributed by atoms with van der Waals surface area (Å²) in [6.45, 7) is 9.48. The van der Waals surface area contributed by atoms with Crippen molar-refractivity contribution in [3.05, 3.63) is 0 Å². The van der Waals surface area contributed by atoms with E-state index < -0.39 is 12.8 Å². The lowest BCUT2D eigenvalue weighted by Crippen LogP contribution is -2.29. The highest BCUT2D eigenvalue weighted by Gasteiger charge is 2.43. The van der Waals surface area contributed by atoms with Crippen molar-refractivity contribution >= 4 is 7.60 Å². The lowest BCUT2D eigenvalue weighted by atomic mass is 9.84. The molecule has 1 atom stereocenters. The van der Waals surface area contributed by atoms with Crippen LogP contribution < -0.4 is 0 Å². The summed E-state index contributed by atoms with van der Waals surface area (Å²) in [6, 6.07) is 0. The molecular formula is C9H21O3P. The van der Waals surface area contributed by atoms with Gasteiger partial charge < -0.3 is 9.79 Å². The molecule has 0 aromatic heterocycles. The Balaban J connectivity index is 4.78. The highest BCUT2D eigenvalue weighted by molar-refractivity contribution is 7.53. The van der Waals surface area contributed by atoms with Gasteiger partial charge in [0.15, 0.2) is 0 Å². The first kappa shape index (κ1) is 13.2. The first-order valence-electron chi connectivity index (χ1n) is 4.57. The van der Waals surface area contributed by atoms with Gasteiger partial charge in [-0.1, -0.05) is 27.7 Å². The van der Waals surface area contributed by atoms with Crippen molar-refractivity contribution in [1.29, 1.82) is 0 Å². The van der Waals surface area contributed by atoms with E-state index in [4.69, 9.17) is 0 Å². The van der Waals surface area contributed by atoms with E-state index in [-0.39, 0.29) is 5.41 Å². The Labute approximate surface area is 80.7 Å². The Kier molecular flexibility index (Phi) is 3.76. The zero-order valence-electron chi connectivity index (χ0n) is 9.16. The summed E-state index contributed by atoms with van der Waals surface area (Å²) in [6.07, 6.45) is 1.05. The molecule has 2 N–H and O–H groups in total. The summed E-state index contributed by atoms with van der Waals surface area (Å²) >= 11 is 0. The second kappa shape index (κ2) is 3.72. The van der Waals surface area contributed by atoms with Gasteiger partial charge in [0, 0.05) is 0 Å². The largest absolute Gasteiger partial charge is 0.331 e. The van der Waals surface area contributed by atoms with Crippen LogP contribution in [0.4, 0.5) is 0 Å². The topological polar surface area (TPSA) is 57.5 Å². The normalized spacial score (nSPS) is 18.4. The molecule has 0 bridgehead atoms. The van der Waals surface area contributed by atoms with Crippen LogP contribution in [0.15, 0.2) is 0 Å². The third-order valence-electron chi connectivity index (χ3n) is 2.38. The van der Waals surface area contributed by atoms with Crippen LogP contribution in [-0.4, -0.2) is 14.9 Å². The first-order valence-corrected chi connectivity index (χ1v) is 6.19. The molecule has 1 unspecified atom stereocenters. The van der Waals surface area contributed by atoms with E-state index in [1.807, 2.05) is 27.7 Å². The summed E-state index contributed by atoms with van der Waals surface area (Å²) in [5.41, 5.74) is -0.0497. The van der Waals surface area contributed by atoms with Gasteiger partial charge in [-0.2, -0.15) is 0 Å². The van der Waals surface area contributed by atoms with Crippen molar-refractivity contribution in [1.82, 2.24) is 0 Å². The number of hydrogen-bond donors (Lipinski definition) is 2. The molecule has 0 saturated carbocycles. The van der Waals surface area contributed by atoms with Gasteiger partial charge in [-0.25, -0.2) is 0 Å². The van der Waals surface area contributed by atoms with E-state index in [0.29, 0.717) is 12.8 Å². The third kappa shape index (κ3) is 3.80. The molecular weight excluding hydrogens is 187 g/mol. The van der Waals surface area contributed by atoms with E-state index in [9.17, 15) is 14.4 Å². The van der Waals surface area contributed by atoms with E-state index in [1.165, 1.54) is 0 Å². The van der Waals surface area contributed by atoms with Gasteiger partial charge in [0.05, 0.1) is 5.16 Å². The second-order valence-electron chi connectivity index (χ2n) is 5.13. The van der Waals surface area contributed by atoms with Crippen molar-refractivity contribution in [2.45, 2.75) is 52.6 Å². The summed E-state index contributed by atoms with van der Waals surface area (Å²) < 4.78 is 11.3. The molecule has 0 spiro atoms. The molecule has 0 radical (unpaired) electrons. The molecule has 4 heteroatoms. The molecule has 0 saturated heterocycles. The molecule has 0 amide bonds. The van der Waals surface area contributed by atoms with Crippen molar-refractivity contribution in [3.63, 3.8) is 0 Å².